The Balaban J connectivity index is 1.78. The summed E-state index contributed by atoms with van der Waals surface area (Å²) in [5.74, 6) is 0. The van der Waals surface area contributed by atoms with E-state index in [0.717, 1.165) is 11.4 Å². The number of hydrogen-bond acceptors (Lipinski definition) is 1. The number of unbranched alkanes of at least 4 members (excludes halogenated alkanes) is 4. The SMILES string of the molecule is CCCCCCCc1ccc(Nc2ccccc2)cc1. The van der Waals surface area contributed by atoms with Gasteiger partial charge >= 0.3 is 0 Å². The molecule has 0 fully saturated rings. The van der Waals surface area contributed by atoms with Crippen molar-refractivity contribution in [2.75, 3.05) is 5.32 Å². The predicted molar refractivity (Wildman–Crippen MR) is 88.6 cm³/mol. The molecule has 2 aromatic carbocycles. The van der Waals surface area contributed by atoms with Crippen LogP contribution in [-0.2, 0) is 6.42 Å². The van der Waals surface area contributed by atoms with E-state index >= 15 is 0 Å². The molecule has 2 rings (SSSR count). The lowest BCUT2D eigenvalue weighted by molar-refractivity contribution is 0.632. The number of aryl methyl sites for hydroxylation is 1. The van der Waals surface area contributed by atoms with Gasteiger partial charge in [0.1, 0.15) is 0 Å². The molecular weight excluding hydrogens is 242 g/mol. The van der Waals surface area contributed by atoms with Crippen LogP contribution in [0.25, 0.3) is 0 Å². The highest BCUT2D eigenvalue weighted by Gasteiger charge is 1.96. The molecule has 0 unspecified atom stereocenters. The highest BCUT2D eigenvalue weighted by Crippen LogP contribution is 2.17. The van der Waals surface area contributed by atoms with Gasteiger partial charge < -0.3 is 5.32 Å². The highest BCUT2D eigenvalue weighted by molar-refractivity contribution is 5.59. The number of hydrogen-bond donors (Lipinski definition) is 1. The maximum Gasteiger partial charge on any atom is 0.0384 e. The van der Waals surface area contributed by atoms with Crippen molar-refractivity contribution in [1.82, 2.24) is 0 Å². The lowest BCUT2D eigenvalue weighted by atomic mass is 10.1. The molecule has 0 bridgehead atoms. The van der Waals surface area contributed by atoms with Gasteiger partial charge in [-0.1, -0.05) is 62.9 Å². The smallest absolute Gasteiger partial charge is 0.0384 e. The summed E-state index contributed by atoms with van der Waals surface area (Å²) in [4.78, 5) is 0. The minimum absolute atomic E-state index is 1.14. The second-order valence-corrected chi connectivity index (χ2v) is 5.35. The minimum Gasteiger partial charge on any atom is -0.356 e. The average Bonchev–Trinajstić information content (AvgIpc) is 2.50. The van der Waals surface area contributed by atoms with E-state index in [0.29, 0.717) is 0 Å². The van der Waals surface area contributed by atoms with E-state index in [1.807, 2.05) is 18.2 Å². The Hall–Kier alpha value is -1.76. The third kappa shape index (κ3) is 5.08. The fourth-order valence-corrected chi connectivity index (χ4v) is 2.38. The van der Waals surface area contributed by atoms with Crippen LogP contribution in [0.2, 0.25) is 0 Å². The van der Waals surface area contributed by atoms with Gasteiger partial charge in [-0.05, 0) is 42.7 Å². The normalized spacial score (nSPS) is 10.4. The highest BCUT2D eigenvalue weighted by atomic mass is 14.9. The van der Waals surface area contributed by atoms with Gasteiger partial charge in [-0.15, -0.1) is 0 Å². The van der Waals surface area contributed by atoms with Crippen LogP contribution in [-0.4, -0.2) is 0 Å². The predicted octanol–water partition coefficient (Wildman–Crippen LogP) is 5.94. The van der Waals surface area contributed by atoms with Crippen molar-refractivity contribution in [1.29, 1.82) is 0 Å². The van der Waals surface area contributed by atoms with Crippen LogP contribution in [0.3, 0.4) is 0 Å². The summed E-state index contributed by atoms with van der Waals surface area (Å²) in [7, 11) is 0. The summed E-state index contributed by atoms with van der Waals surface area (Å²) < 4.78 is 0. The first-order valence-electron chi connectivity index (χ1n) is 7.79. The third-order valence-corrected chi connectivity index (χ3v) is 3.59. The first-order chi connectivity index (χ1) is 9.88. The second kappa shape index (κ2) is 8.42. The Kier molecular flexibility index (Phi) is 6.16. The monoisotopic (exact) mass is 267 g/mol. The van der Waals surface area contributed by atoms with Crippen molar-refractivity contribution in [3.05, 3.63) is 60.2 Å². The van der Waals surface area contributed by atoms with E-state index < -0.39 is 0 Å². The Morgan fingerprint density at radius 3 is 2.05 bits per heavy atom. The number of para-hydroxylation sites is 1. The molecule has 0 aliphatic carbocycles. The molecule has 1 nitrogen and oxygen atoms in total. The maximum atomic E-state index is 3.42. The molecule has 0 spiro atoms. The van der Waals surface area contributed by atoms with Crippen molar-refractivity contribution >= 4 is 11.4 Å². The summed E-state index contributed by atoms with van der Waals surface area (Å²) in [5.41, 5.74) is 3.74. The van der Waals surface area contributed by atoms with Gasteiger partial charge in [0.25, 0.3) is 0 Å². The van der Waals surface area contributed by atoms with Crippen molar-refractivity contribution in [2.24, 2.45) is 0 Å². The lowest BCUT2D eigenvalue weighted by Gasteiger charge is -2.07. The first kappa shape index (κ1) is 14.6. The van der Waals surface area contributed by atoms with E-state index in [9.17, 15) is 0 Å². The summed E-state index contributed by atoms with van der Waals surface area (Å²) in [5, 5.41) is 3.42. The van der Waals surface area contributed by atoms with Gasteiger partial charge in [0.05, 0.1) is 0 Å². The molecule has 0 atom stereocenters. The van der Waals surface area contributed by atoms with Gasteiger partial charge in [0, 0.05) is 11.4 Å². The molecule has 20 heavy (non-hydrogen) atoms. The molecule has 0 heterocycles. The Morgan fingerprint density at radius 1 is 0.700 bits per heavy atom. The molecule has 0 aliphatic heterocycles. The molecule has 0 radical (unpaired) electrons. The van der Waals surface area contributed by atoms with E-state index in [-0.39, 0.29) is 0 Å². The van der Waals surface area contributed by atoms with Crippen LogP contribution < -0.4 is 5.32 Å². The zero-order chi connectivity index (χ0) is 14.0. The van der Waals surface area contributed by atoms with E-state index in [1.54, 1.807) is 0 Å². The van der Waals surface area contributed by atoms with Crippen LogP contribution in [0.1, 0.15) is 44.6 Å². The summed E-state index contributed by atoms with van der Waals surface area (Å²) >= 11 is 0. The zero-order valence-corrected chi connectivity index (χ0v) is 12.4. The molecule has 106 valence electrons. The fraction of sp³-hybridized carbons (Fsp3) is 0.368. The Labute approximate surface area is 123 Å². The van der Waals surface area contributed by atoms with Gasteiger partial charge in [0.2, 0.25) is 0 Å². The lowest BCUT2D eigenvalue weighted by Crippen LogP contribution is -1.91. The fourth-order valence-electron chi connectivity index (χ4n) is 2.38. The van der Waals surface area contributed by atoms with Crippen LogP contribution in [0.15, 0.2) is 54.6 Å². The number of anilines is 2. The molecule has 0 saturated heterocycles. The van der Waals surface area contributed by atoms with Gasteiger partial charge in [0.15, 0.2) is 0 Å². The van der Waals surface area contributed by atoms with Gasteiger partial charge in [-0.2, -0.15) is 0 Å². The van der Waals surface area contributed by atoms with E-state index in [1.165, 1.54) is 44.1 Å². The number of rotatable bonds is 8. The second-order valence-electron chi connectivity index (χ2n) is 5.35. The molecule has 0 aromatic heterocycles. The summed E-state index contributed by atoms with van der Waals surface area (Å²) in [6, 6.07) is 19.1. The topological polar surface area (TPSA) is 12.0 Å². The largest absolute Gasteiger partial charge is 0.356 e. The van der Waals surface area contributed by atoms with Crippen LogP contribution in [0, 0.1) is 0 Å². The molecule has 1 heteroatoms. The number of benzene rings is 2. The molecular formula is C19H25N. The van der Waals surface area contributed by atoms with Crippen LogP contribution in [0.4, 0.5) is 11.4 Å². The first-order valence-corrected chi connectivity index (χ1v) is 7.79. The van der Waals surface area contributed by atoms with Crippen molar-refractivity contribution in [3.63, 3.8) is 0 Å². The molecule has 2 aromatic rings. The van der Waals surface area contributed by atoms with Crippen molar-refractivity contribution < 1.29 is 0 Å². The van der Waals surface area contributed by atoms with E-state index in [4.69, 9.17) is 0 Å². The minimum atomic E-state index is 1.14. The van der Waals surface area contributed by atoms with Crippen LogP contribution in [0.5, 0.6) is 0 Å². The third-order valence-electron chi connectivity index (χ3n) is 3.59. The van der Waals surface area contributed by atoms with Gasteiger partial charge in [-0.3, -0.25) is 0 Å². The summed E-state index contributed by atoms with van der Waals surface area (Å²) in [6.45, 7) is 2.26. The Bertz CT molecular complexity index is 473. The quantitative estimate of drug-likeness (QED) is 0.583. The Morgan fingerprint density at radius 2 is 1.35 bits per heavy atom. The zero-order valence-electron chi connectivity index (χ0n) is 12.4. The van der Waals surface area contributed by atoms with Crippen molar-refractivity contribution in [3.8, 4) is 0 Å². The molecule has 0 aliphatic rings. The summed E-state index contributed by atoms with van der Waals surface area (Å²) in [6.07, 6.45) is 7.95. The molecule has 1 N–H and O–H groups in total. The standard InChI is InChI=1S/C19H25N/c1-2-3-4-5-7-10-17-13-15-19(16-14-17)20-18-11-8-6-9-12-18/h6,8-9,11-16,20H,2-5,7,10H2,1H3. The number of nitrogens with one attached hydrogen (secondary N) is 1. The molecule has 0 saturated carbocycles. The van der Waals surface area contributed by atoms with Crippen LogP contribution >= 0.6 is 0 Å². The molecule has 0 amide bonds. The average molecular weight is 267 g/mol. The van der Waals surface area contributed by atoms with E-state index in [2.05, 4.69) is 48.6 Å². The van der Waals surface area contributed by atoms with Gasteiger partial charge in [-0.25, -0.2) is 0 Å². The van der Waals surface area contributed by atoms with Crippen molar-refractivity contribution in [2.45, 2.75) is 45.4 Å². The maximum absolute atomic E-state index is 3.42.